The van der Waals surface area contributed by atoms with Gasteiger partial charge in [0.15, 0.2) is 0 Å². The molecule has 2 aromatic heterocycles. The predicted octanol–water partition coefficient (Wildman–Crippen LogP) is 2.99. The van der Waals surface area contributed by atoms with Gasteiger partial charge in [0.1, 0.15) is 17.3 Å². The first-order chi connectivity index (χ1) is 12.7. The lowest BCUT2D eigenvalue weighted by Crippen LogP contribution is -2.41. The van der Waals surface area contributed by atoms with E-state index in [0.717, 1.165) is 22.7 Å². The lowest BCUT2D eigenvalue weighted by Gasteiger charge is -2.36. The highest BCUT2D eigenvalue weighted by atomic mass is 16.5. The van der Waals surface area contributed by atoms with E-state index in [9.17, 15) is 4.79 Å². The number of rotatable bonds is 3. The maximum absolute atomic E-state index is 13.3. The molecule has 1 amide bonds. The van der Waals surface area contributed by atoms with Crippen LogP contribution in [0, 0.1) is 6.92 Å². The van der Waals surface area contributed by atoms with Crippen molar-refractivity contribution in [1.82, 2.24) is 19.4 Å². The van der Waals surface area contributed by atoms with Crippen LogP contribution < -0.4 is 4.74 Å². The normalized spacial score (nSPS) is 16.2. The van der Waals surface area contributed by atoms with Crippen molar-refractivity contribution in [3.8, 4) is 5.75 Å². The summed E-state index contributed by atoms with van der Waals surface area (Å²) in [5.74, 6) is 1.58. The van der Waals surface area contributed by atoms with Crippen molar-refractivity contribution >= 4 is 5.91 Å². The van der Waals surface area contributed by atoms with E-state index in [1.807, 2.05) is 54.4 Å². The molecule has 3 heterocycles. The maximum Gasteiger partial charge on any atom is 0.273 e. The molecule has 0 spiro atoms. The topological polar surface area (TPSA) is 60.2 Å². The third-order valence-electron chi connectivity index (χ3n) is 4.81. The van der Waals surface area contributed by atoms with Gasteiger partial charge in [-0.05, 0) is 36.2 Å². The van der Waals surface area contributed by atoms with Crippen molar-refractivity contribution in [2.24, 2.45) is 0 Å². The first-order valence-electron chi connectivity index (χ1n) is 8.54. The third-order valence-corrected chi connectivity index (χ3v) is 4.81. The van der Waals surface area contributed by atoms with E-state index in [0.29, 0.717) is 18.8 Å². The highest BCUT2D eigenvalue weighted by Crippen LogP contribution is 2.32. The number of hydrogen-bond donors (Lipinski definition) is 0. The smallest absolute Gasteiger partial charge is 0.273 e. The maximum atomic E-state index is 13.3. The molecule has 0 fully saturated rings. The number of hydrogen-bond acceptors (Lipinski definition) is 4. The first kappa shape index (κ1) is 16.3. The average Bonchev–Trinajstić information content (AvgIpc) is 3.14. The summed E-state index contributed by atoms with van der Waals surface area (Å²) >= 11 is 0. The minimum Gasteiger partial charge on any atom is -0.497 e. The number of carbonyl (C=O) groups excluding carboxylic acids is 1. The molecular weight excluding hydrogens is 328 g/mol. The van der Waals surface area contributed by atoms with Crippen molar-refractivity contribution in [2.45, 2.75) is 26.1 Å². The van der Waals surface area contributed by atoms with Crippen LogP contribution >= 0.6 is 0 Å². The Morgan fingerprint density at radius 3 is 2.88 bits per heavy atom. The van der Waals surface area contributed by atoms with Gasteiger partial charge in [0.2, 0.25) is 0 Å². The standard InChI is InChI=1S/C20H20N4O2/c1-14-5-4-8-22-19(14)20(25)24-13-18-21-9-10-23(18)12-17(24)15-6-3-7-16(11-15)26-2/h3-11,17H,12-13H2,1-2H3/t17-/m1/s1. The van der Waals surface area contributed by atoms with E-state index >= 15 is 0 Å². The van der Waals surface area contributed by atoms with Gasteiger partial charge in [-0.1, -0.05) is 18.2 Å². The van der Waals surface area contributed by atoms with Crippen LogP contribution in [0.15, 0.2) is 55.0 Å². The van der Waals surface area contributed by atoms with Crippen LogP contribution in [0.4, 0.5) is 0 Å². The molecule has 0 saturated carbocycles. The predicted molar refractivity (Wildman–Crippen MR) is 96.8 cm³/mol. The summed E-state index contributed by atoms with van der Waals surface area (Å²) in [4.78, 5) is 23.8. The number of benzene rings is 1. The van der Waals surface area contributed by atoms with E-state index in [4.69, 9.17) is 4.74 Å². The van der Waals surface area contributed by atoms with E-state index in [1.165, 1.54) is 0 Å². The molecule has 132 valence electrons. The van der Waals surface area contributed by atoms with Crippen LogP contribution in [0.3, 0.4) is 0 Å². The first-order valence-corrected chi connectivity index (χ1v) is 8.54. The minimum absolute atomic E-state index is 0.0785. The Hall–Kier alpha value is -3.15. The number of fused-ring (bicyclic) bond motifs is 1. The van der Waals surface area contributed by atoms with Gasteiger partial charge < -0.3 is 14.2 Å². The van der Waals surface area contributed by atoms with Gasteiger partial charge in [-0.25, -0.2) is 4.98 Å². The van der Waals surface area contributed by atoms with Gasteiger partial charge >= 0.3 is 0 Å². The van der Waals surface area contributed by atoms with Crippen molar-refractivity contribution in [3.63, 3.8) is 0 Å². The molecule has 0 N–H and O–H groups in total. The number of methoxy groups -OCH3 is 1. The number of aromatic nitrogens is 3. The van der Waals surface area contributed by atoms with E-state index < -0.39 is 0 Å². The number of imidazole rings is 1. The molecule has 1 atom stereocenters. The lowest BCUT2D eigenvalue weighted by atomic mass is 10.0. The molecule has 1 aliphatic heterocycles. The molecule has 0 saturated heterocycles. The zero-order valence-electron chi connectivity index (χ0n) is 14.8. The molecule has 0 radical (unpaired) electrons. The van der Waals surface area contributed by atoms with Crippen LogP contribution in [-0.4, -0.2) is 32.5 Å². The van der Waals surface area contributed by atoms with Gasteiger partial charge in [-0.2, -0.15) is 0 Å². The fourth-order valence-electron chi connectivity index (χ4n) is 3.40. The summed E-state index contributed by atoms with van der Waals surface area (Å²) in [5, 5.41) is 0. The zero-order chi connectivity index (χ0) is 18.1. The number of carbonyl (C=O) groups is 1. The summed E-state index contributed by atoms with van der Waals surface area (Å²) in [6.45, 7) is 3.01. The monoisotopic (exact) mass is 348 g/mol. The van der Waals surface area contributed by atoms with Crippen molar-refractivity contribution < 1.29 is 9.53 Å². The number of nitrogens with zero attached hydrogens (tertiary/aromatic N) is 4. The second-order valence-electron chi connectivity index (χ2n) is 6.39. The summed E-state index contributed by atoms with van der Waals surface area (Å²) in [6.07, 6.45) is 5.39. The van der Waals surface area contributed by atoms with Crippen LogP contribution in [0.2, 0.25) is 0 Å². The highest BCUT2D eigenvalue weighted by Gasteiger charge is 2.33. The Kier molecular flexibility index (Phi) is 4.16. The third kappa shape index (κ3) is 2.83. The van der Waals surface area contributed by atoms with Gasteiger partial charge in [0.05, 0.1) is 19.7 Å². The Labute approximate surface area is 152 Å². The summed E-state index contributed by atoms with van der Waals surface area (Å²) in [6, 6.07) is 11.5. The number of pyridine rings is 1. The molecule has 1 aromatic carbocycles. The molecule has 0 aliphatic carbocycles. The summed E-state index contributed by atoms with van der Waals surface area (Å²) < 4.78 is 7.46. The second-order valence-corrected chi connectivity index (χ2v) is 6.39. The Bertz CT molecular complexity index is 950. The van der Waals surface area contributed by atoms with Crippen LogP contribution in [0.25, 0.3) is 0 Å². The molecule has 6 heteroatoms. The van der Waals surface area contributed by atoms with Crippen LogP contribution in [0.1, 0.15) is 33.5 Å². The fraction of sp³-hybridized carbons (Fsp3) is 0.250. The Morgan fingerprint density at radius 2 is 2.08 bits per heavy atom. The molecule has 6 nitrogen and oxygen atoms in total. The second kappa shape index (κ2) is 6.63. The van der Waals surface area contributed by atoms with Gasteiger partial charge in [0, 0.05) is 25.1 Å². The van der Waals surface area contributed by atoms with Gasteiger partial charge in [-0.3, -0.25) is 9.78 Å². The number of ether oxygens (including phenoxy) is 1. The molecule has 1 aliphatic rings. The van der Waals surface area contributed by atoms with E-state index in [2.05, 4.69) is 14.5 Å². The molecule has 0 bridgehead atoms. The largest absolute Gasteiger partial charge is 0.497 e. The Balaban J connectivity index is 1.76. The molecule has 0 unspecified atom stereocenters. The van der Waals surface area contributed by atoms with Gasteiger partial charge in [0.25, 0.3) is 5.91 Å². The number of amides is 1. The lowest BCUT2D eigenvalue weighted by molar-refractivity contribution is 0.0577. The van der Waals surface area contributed by atoms with E-state index in [-0.39, 0.29) is 11.9 Å². The van der Waals surface area contributed by atoms with Crippen molar-refractivity contribution in [3.05, 3.63) is 77.6 Å². The fourth-order valence-corrected chi connectivity index (χ4v) is 3.40. The average molecular weight is 348 g/mol. The van der Waals surface area contributed by atoms with Crippen LogP contribution in [0.5, 0.6) is 5.75 Å². The van der Waals surface area contributed by atoms with Gasteiger partial charge in [-0.15, -0.1) is 0 Å². The molecule has 26 heavy (non-hydrogen) atoms. The van der Waals surface area contributed by atoms with Crippen LogP contribution in [-0.2, 0) is 13.1 Å². The van der Waals surface area contributed by atoms with Crippen molar-refractivity contribution in [1.29, 1.82) is 0 Å². The SMILES string of the molecule is COc1cccc([C@H]2Cn3ccnc3CN2C(=O)c2ncccc2C)c1. The quantitative estimate of drug-likeness (QED) is 0.730. The molecule has 3 aromatic rings. The zero-order valence-corrected chi connectivity index (χ0v) is 14.8. The molecular formula is C20H20N4O2. The summed E-state index contributed by atoms with van der Waals surface area (Å²) in [7, 11) is 1.65. The highest BCUT2D eigenvalue weighted by molar-refractivity contribution is 5.94. The Morgan fingerprint density at radius 1 is 1.19 bits per heavy atom. The molecule has 4 rings (SSSR count). The summed E-state index contributed by atoms with van der Waals surface area (Å²) in [5.41, 5.74) is 2.39. The number of aryl methyl sites for hydroxylation is 1. The van der Waals surface area contributed by atoms with E-state index in [1.54, 1.807) is 19.5 Å². The minimum atomic E-state index is -0.110. The van der Waals surface area contributed by atoms with Crippen molar-refractivity contribution in [2.75, 3.05) is 7.11 Å².